The lowest BCUT2D eigenvalue weighted by atomic mass is 10.4. The summed E-state index contributed by atoms with van der Waals surface area (Å²) in [4.78, 5) is 26.9. The lowest BCUT2D eigenvalue weighted by Gasteiger charge is -2.03. The van der Waals surface area contributed by atoms with Gasteiger partial charge >= 0.3 is 0 Å². The number of nitrogens with one attached hydrogen (secondary N) is 2. The Morgan fingerprint density at radius 2 is 2.26 bits per heavy atom. The molecule has 0 unspecified atom stereocenters. The van der Waals surface area contributed by atoms with Crippen molar-refractivity contribution in [2.24, 2.45) is 0 Å². The third kappa shape index (κ3) is 2.67. The van der Waals surface area contributed by atoms with Crippen LogP contribution in [0.2, 0.25) is 0 Å². The zero-order chi connectivity index (χ0) is 13.1. The molecule has 0 spiro atoms. The van der Waals surface area contributed by atoms with Crippen LogP contribution in [-0.4, -0.2) is 19.9 Å². The van der Waals surface area contributed by atoms with Gasteiger partial charge in [-0.3, -0.25) is 4.79 Å². The van der Waals surface area contributed by atoms with Crippen LogP contribution < -0.4 is 10.9 Å². The van der Waals surface area contributed by atoms with Crippen molar-refractivity contribution in [2.75, 3.05) is 0 Å². The lowest BCUT2D eigenvalue weighted by Crippen LogP contribution is -2.19. The number of hydrogen-bond donors (Lipinski definition) is 2. The molecule has 0 aliphatic heterocycles. The molecule has 3 aromatic heterocycles. The minimum absolute atomic E-state index is 0.0844. The maximum absolute atomic E-state index is 11.8. The summed E-state index contributed by atoms with van der Waals surface area (Å²) in [6.45, 7) is 1.10. The zero-order valence-corrected chi connectivity index (χ0v) is 10.8. The average Bonchev–Trinajstić information content (AvgIpc) is 2.89. The van der Waals surface area contributed by atoms with E-state index in [1.165, 1.54) is 17.7 Å². The van der Waals surface area contributed by atoms with Crippen molar-refractivity contribution in [1.29, 1.82) is 0 Å². The van der Waals surface area contributed by atoms with E-state index < -0.39 is 0 Å². The number of hydrogen-bond acceptors (Lipinski definition) is 6. The Hall–Kier alpha value is -2.12. The van der Waals surface area contributed by atoms with E-state index in [2.05, 4.69) is 25.3 Å². The highest BCUT2D eigenvalue weighted by atomic mass is 32.1. The summed E-state index contributed by atoms with van der Waals surface area (Å²) in [7, 11) is 0. The summed E-state index contributed by atoms with van der Waals surface area (Å²) in [5.41, 5.74) is 1.56. The highest BCUT2D eigenvalue weighted by Gasteiger charge is 2.04. The quantitative estimate of drug-likeness (QED) is 0.742. The van der Waals surface area contributed by atoms with Gasteiger partial charge < -0.3 is 10.3 Å². The van der Waals surface area contributed by atoms with E-state index in [1.807, 2.05) is 17.5 Å². The van der Waals surface area contributed by atoms with Crippen molar-refractivity contribution in [3.63, 3.8) is 0 Å². The van der Waals surface area contributed by atoms with Gasteiger partial charge in [-0.25, -0.2) is 15.0 Å². The van der Waals surface area contributed by atoms with Crippen molar-refractivity contribution < 1.29 is 0 Å². The van der Waals surface area contributed by atoms with Gasteiger partial charge in [-0.1, -0.05) is 0 Å². The summed E-state index contributed by atoms with van der Waals surface area (Å²) < 4.78 is 0.666. The molecular formula is C12H11N5OS. The molecule has 0 amide bonds. The second kappa shape index (κ2) is 5.25. The van der Waals surface area contributed by atoms with E-state index >= 15 is 0 Å². The van der Waals surface area contributed by atoms with Crippen molar-refractivity contribution in [3.8, 4) is 0 Å². The van der Waals surface area contributed by atoms with Crippen LogP contribution in [0.5, 0.6) is 0 Å². The number of rotatable bonds is 4. The molecular weight excluding hydrogens is 262 g/mol. The van der Waals surface area contributed by atoms with Gasteiger partial charge in [-0.05, 0) is 17.5 Å². The van der Waals surface area contributed by atoms with Crippen molar-refractivity contribution in [1.82, 2.24) is 25.3 Å². The topological polar surface area (TPSA) is 83.6 Å². The van der Waals surface area contributed by atoms with E-state index in [0.717, 1.165) is 11.2 Å². The number of thiophene rings is 1. The molecule has 19 heavy (non-hydrogen) atoms. The maximum atomic E-state index is 11.8. The molecule has 0 aliphatic rings. The molecule has 0 aliphatic carbocycles. The first kappa shape index (κ1) is 11.9. The molecule has 6 nitrogen and oxygen atoms in total. The lowest BCUT2D eigenvalue weighted by molar-refractivity contribution is 0.651. The normalized spacial score (nSPS) is 10.9. The fourth-order valence-electron chi connectivity index (χ4n) is 1.74. The summed E-state index contributed by atoms with van der Waals surface area (Å²) in [6.07, 6.45) is 3.20. The Labute approximate surface area is 112 Å². The minimum atomic E-state index is -0.0844. The van der Waals surface area contributed by atoms with Gasteiger partial charge in [0.15, 0.2) is 0 Å². The van der Waals surface area contributed by atoms with E-state index in [0.29, 0.717) is 23.6 Å². The Kier molecular flexibility index (Phi) is 3.30. The molecule has 0 bridgehead atoms. The van der Waals surface area contributed by atoms with Crippen LogP contribution in [0.3, 0.4) is 0 Å². The molecule has 3 heterocycles. The fourth-order valence-corrected chi connectivity index (χ4v) is 2.46. The second-order valence-electron chi connectivity index (χ2n) is 3.95. The van der Waals surface area contributed by atoms with Crippen LogP contribution in [0.4, 0.5) is 0 Å². The first-order valence-electron chi connectivity index (χ1n) is 5.75. The first-order valence-corrected chi connectivity index (χ1v) is 6.63. The smallest absolute Gasteiger partial charge is 0.268 e. The van der Waals surface area contributed by atoms with E-state index in [4.69, 9.17) is 0 Å². The van der Waals surface area contributed by atoms with E-state index in [-0.39, 0.29) is 5.56 Å². The molecule has 0 aromatic carbocycles. The van der Waals surface area contributed by atoms with Crippen molar-refractivity contribution in [3.05, 3.63) is 51.9 Å². The fraction of sp³-hybridized carbons (Fsp3) is 0.167. The van der Waals surface area contributed by atoms with Crippen LogP contribution in [0.25, 0.3) is 10.2 Å². The maximum Gasteiger partial charge on any atom is 0.268 e. The molecule has 0 radical (unpaired) electrons. The summed E-state index contributed by atoms with van der Waals surface area (Å²) in [5.74, 6) is 0.630. The van der Waals surface area contributed by atoms with Gasteiger partial charge in [0.05, 0.1) is 17.8 Å². The van der Waals surface area contributed by atoms with Gasteiger partial charge in [-0.2, -0.15) is 0 Å². The van der Waals surface area contributed by atoms with Gasteiger partial charge in [-0.15, -0.1) is 11.3 Å². The Balaban J connectivity index is 1.70. The number of aromatic nitrogens is 4. The molecule has 7 heteroatoms. The summed E-state index contributed by atoms with van der Waals surface area (Å²) in [5, 5.41) is 5.05. The van der Waals surface area contributed by atoms with Crippen molar-refractivity contribution in [2.45, 2.75) is 13.1 Å². The Morgan fingerprint density at radius 3 is 3.11 bits per heavy atom. The third-order valence-corrected chi connectivity index (χ3v) is 3.51. The highest BCUT2D eigenvalue weighted by molar-refractivity contribution is 7.17. The molecule has 0 fully saturated rings. The van der Waals surface area contributed by atoms with Crippen LogP contribution >= 0.6 is 11.3 Å². The van der Waals surface area contributed by atoms with Crippen molar-refractivity contribution >= 4 is 21.6 Å². The van der Waals surface area contributed by atoms with Gasteiger partial charge in [0.1, 0.15) is 16.9 Å². The average molecular weight is 273 g/mol. The highest BCUT2D eigenvalue weighted by Crippen LogP contribution is 2.13. The number of H-pyrrole nitrogens is 1. The SMILES string of the molecule is O=c1[nH]c(CNCc2ccncn2)nc2ccsc12. The summed E-state index contributed by atoms with van der Waals surface area (Å²) >= 11 is 1.40. The minimum Gasteiger partial charge on any atom is -0.308 e. The number of aromatic amines is 1. The largest absolute Gasteiger partial charge is 0.308 e. The second-order valence-corrected chi connectivity index (χ2v) is 4.87. The Bertz CT molecular complexity index is 736. The zero-order valence-electron chi connectivity index (χ0n) is 9.96. The molecule has 3 aromatic rings. The molecule has 96 valence electrons. The standard InChI is InChI=1S/C12H11N5OS/c18-12-11-9(2-4-19-11)16-10(17-12)6-14-5-8-1-3-13-7-15-8/h1-4,7,14H,5-6H2,(H,16,17,18). The van der Waals surface area contributed by atoms with Gasteiger partial charge in [0.25, 0.3) is 5.56 Å². The van der Waals surface area contributed by atoms with E-state index in [1.54, 1.807) is 6.20 Å². The van der Waals surface area contributed by atoms with Crippen LogP contribution in [0, 0.1) is 0 Å². The molecule has 0 atom stereocenters. The van der Waals surface area contributed by atoms with Crippen LogP contribution in [0.1, 0.15) is 11.5 Å². The van der Waals surface area contributed by atoms with Gasteiger partial charge in [0, 0.05) is 12.7 Å². The number of fused-ring (bicyclic) bond motifs is 1. The third-order valence-electron chi connectivity index (χ3n) is 2.61. The summed E-state index contributed by atoms with van der Waals surface area (Å²) in [6, 6.07) is 3.69. The molecule has 2 N–H and O–H groups in total. The van der Waals surface area contributed by atoms with Gasteiger partial charge in [0.2, 0.25) is 0 Å². The number of nitrogens with zero attached hydrogens (tertiary/aromatic N) is 3. The predicted molar refractivity (Wildman–Crippen MR) is 72.8 cm³/mol. The molecule has 0 saturated heterocycles. The monoisotopic (exact) mass is 273 g/mol. The van der Waals surface area contributed by atoms with E-state index in [9.17, 15) is 4.79 Å². The Morgan fingerprint density at radius 1 is 1.32 bits per heavy atom. The van der Waals surface area contributed by atoms with Crippen LogP contribution in [-0.2, 0) is 13.1 Å². The molecule has 3 rings (SSSR count). The predicted octanol–water partition coefficient (Wildman–Crippen LogP) is 1.06. The molecule has 0 saturated carbocycles. The van der Waals surface area contributed by atoms with Crippen LogP contribution in [0.15, 0.2) is 34.8 Å². The first-order chi connectivity index (χ1) is 9.33.